The molecule has 3 aromatic rings. The fourth-order valence-electron chi connectivity index (χ4n) is 2.94. The Morgan fingerprint density at radius 3 is 2.79 bits per heavy atom. The highest BCUT2D eigenvalue weighted by molar-refractivity contribution is 7.93. The molecule has 1 aromatic carbocycles. The Kier molecular flexibility index (Phi) is 4.39. The average Bonchev–Trinajstić information content (AvgIpc) is 3.22. The number of allylic oxidation sites excluding steroid dienone is 1. The first-order valence-corrected chi connectivity index (χ1v) is 11.0. The molecule has 144 valence electrons. The number of hydrogen-bond donors (Lipinski definition) is 1. The zero-order valence-electron chi connectivity index (χ0n) is 15.2. The number of benzene rings is 1. The van der Waals surface area contributed by atoms with E-state index in [0.717, 1.165) is 28.2 Å². The molecule has 2 aromatic heterocycles. The van der Waals surface area contributed by atoms with Crippen molar-refractivity contribution < 1.29 is 8.42 Å². The third-order valence-corrected chi connectivity index (χ3v) is 7.58. The molecule has 0 aliphatic carbocycles. The monoisotopic (exact) mass is 415 g/mol. The van der Waals surface area contributed by atoms with Crippen molar-refractivity contribution in [1.29, 1.82) is 0 Å². The van der Waals surface area contributed by atoms with Crippen LogP contribution in [0.3, 0.4) is 0 Å². The van der Waals surface area contributed by atoms with Crippen molar-refractivity contribution in [3.63, 3.8) is 0 Å². The number of para-hydroxylation sites is 1. The summed E-state index contributed by atoms with van der Waals surface area (Å²) in [5.41, 5.74) is 8.17. The highest BCUT2D eigenvalue weighted by Gasteiger charge is 2.24. The first kappa shape index (κ1) is 18.5. The van der Waals surface area contributed by atoms with Gasteiger partial charge in [0, 0.05) is 17.4 Å². The van der Waals surface area contributed by atoms with E-state index in [2.05, 4.69) is 15.1 Å². The molecule has 0 atom stereocenters. The lowest BCUT2D eigenvalue weighted by atomic mass is 10.1. The van der Waals surface area contributed by atoms with Crippen molar-refractivity contribution in [3.8, 4) is 0 Å². The summed E-state index contributed by atoms with van der Waals surface area (Å²) in [6, 6.07) is 7.53. The lowest BCUT2D eigenvalue weighted by Gasteiger charge is -2.03. The van der Waals surface area contributed by atoms with Gasteiger partial charge in [0.1, 0.15) is 5.82 Å². The Labute approximate surface area is 165 Å². The Morgan fingerprint density at radius 2 is 2.04 bits per heavy atom. The van der Waals surface area contributed by atoms with E-state index < -0.39 is 15.4 Å². The largest absolute Gasteiger partial charge is 0.383 e. The second-order valence-corrected chi connectivity index (χ2v) is 9.99. The third kappa shape index (κ3) is 3.14. The normalized spacial score (nSPS) is 15.0. The SMILES string of the molecule is CC(C)CS(=O)(=O)c1nn2c(N)c(/C=C3\C=Nc4ccccc43)c(=O)nc2s1. The average molecular weight is 416 g/mol. The number of aliphatic imine (C=N–C) groups is 1. The van der Waals surface area contributed by atoms with Gasteiger partial charge in [-0.25, -0.2) is 8.42 Å². The van der Waals surface area contributed by atoms with Crippen LogP contribution in [-0.4, -0.2) is 35.0 Å². The minimum absolute atomic E-state index is 0.0400. The molecule has 0 saturated carbocycles. The molecule has 2 N–H and O–H groups in total. The lowest BCUT2D eigenvalue weighted by Crippen LogP contribution is -2.17. The molecular weight excluding hydrogens is 398 g/mol. The summed E-state index contributed by atoms with van der Waals surface area (Å²) in [5.74, 6) is -0.0475. The minimum atomic E-state index is -3.57. The zero-order valence-corrected chi connectivity index (χ0v) is 16.8. The smallest absolute Gasteiger partial charge is 0.283 e. The molecule has 0 radical (unpaired) electrons. The molecule has 1 aliphatic rings. The first-order valence-electron chi connectivity index (χ1n) is 8.53. The van der Waals surface area contributed by atoms with Gasteiger partial charge in [0.2, 0.25) is 19.1 Å². The van der Waals surface area contributed by atoms with Crippen molar-refractivity contribution in [2.45, 2.75) is 18.2 Å². The maximum absolute atomic E-state index is 12.5. The summed E-state index contributed by atoms with van der Waals surface area (Å²) in [6.45, 7) is 3.62. The van der Waals surface area contributed by atoms with Gasteiger partial charge in [-0.1, -0.05) is 43.4 Å². The predicted molar refractivity (Wildman–Crippen MR) is 111 cm³/mol. The van der Waals surface area contributed by atoms with Crippen molar-refractivity contribution in [2.24, 2.45) is 10.9 Å². The zero-order chi connectivity index (χ0) is 20.1. The first-order chi connectivity index (χ1) is 13.3. The van der Waals surface area contributed by atoms with Gasteiger partial charge >= 0.3 is 0 Å². The molecule has 28 heavy (non-hydrogen) atoms. The van der Waals surface area contributed by atoms with E-state index in [9.17, 15) is 13.2 Å². The Balaban J connectivity index is 1.85. The van der Waals surface area contributed by atoms with E-state index in [4.69, 9.17) is 5.73 Å². The second-order valence-electron chi connectivity index (χ2n) is 6.83. The van der Waals surface area contributed by atoms with Crippen LogP contribution in [0.5, 0.6) is 0 Å². The molecule has 3 heterocycles. The van der Waals surface area contributed by atoms with E-state index in [0.29, 0.717) is 0 Å². The van der Waals surface area contributed by atoms with Crippen LogP contribution in [0.2, 0.25) is 0 Å². The van der Waals surface area contributed by atoms with Crippen LogP contribution in [0, 0.1) is 5.92 Å². The van der Waals surface area contributed by atoms with Gasteiger partial charge in [-0.2, -0.15) is 9.50 Å². The number of aromatic nitrogens is 3. The van der Waals surface area contributed by atoms with Gasteiger partial charge < -0.3 is 5.73 Å². The van der Waals surface area contributed by atoms with E-state index in [1.54, 1.807) is 12.3 Å². The maximum Gasteiger partial charge on any atom is 0.283 e. The fourth-order valence-corrected chi connectivity index (χ4v) is 5.74. The number of fused-ring (bicyclic) bond motifs is 2. The van der Waals surface area contributed by atoms with Gasteiger partial charge in [-0.05, 0) is 18.1 Å². The summed E-state index contributed by atoms with van der Waals surface area (Å²) in [6.07, 6.45) is 3.26. The topological polar surface area (TPSA) is 120 Å². The van der Waals surface area contributed by atoms with E-state index in [1.165, 1.54) is 4.52 Å². The Morgan fingerprint density at radius 1 is 1.29 bits per heavy atom. The molecule has 0 amide bonds. The van der Waals surface area contributed by atoms with Gasteiger partial charge in [0.05, 0.1) is 17.0 Å². The number of sulfone groups is 1. The van der Waals surface area contributed by atoms with E-state index in [1.807, 2.05) is 38.1 Å². The van der Waals surface area contributed by atoms with Crippen LogP contribution >= 0.6 is 11.3 Å². The van der Waals surface area contributed by atoms with Gasteiger partial charge in [0.25, 0.3) is 5.56 Å². The van der Waals surface area contributed by atoms with Crippen LogP contribution in [0.4, 0.5) is 11.5 Å². The highest BCUT2D eigenvalue weighted by Crippen LogP contribution is 2.32. The Bertz CT molecular complexity index is 1320. The fraction of sp³-hybridized carbons (Fsp3) is 0.222. The van der Waals surface area contributed by atoms with Gasteiger partial charge in [-0.15, -0.1) is 5.10 Å². The summed E-state index contributed by atoms with van der Waals surface area (Å²) in [7, 11) is -3.57. The molecule has 0 unspecified atom stereocenters. The molecule has 10 heteroatoms. The molecule has 1 aliphatic heterocycles. The van der Waals surface area contributed by atoms with E-state index in [-0.39, 0.29) is 32.4 Å². The number of hydrogen-bond acceptors (Lipinski definition) is 8. The van der Waals surface area contributed by atoms with Gasteiger partial charge in [0.15, 0.2) is 0 Å². The van der Waals surface area contributed by atoms with Crippen LogP contribution < -0.4 is 11.3 Å². The maximum atomic E-state index is 12.5. The minimum Gasteiger partial charge on any atom is -0.383 e. The molecule has 0 fully saturated rings. The second kappa shape index (κ2) is 6.64. The number of rotatable bonds is 4. The third-order valence-electron chi connectivity index (χ3n) is 4.15. The summed E-state index contributed by atoms with van der Waals surface area (Å²) < 4.78 is 26.0. The summed E-state index contributed by atoms with van der Waals surface area (Å²) in [5, 5.41) is 4.12. The molecule has 0 bridgehead atoms. The summed E-state index contributed by atoms with van der Waals surface area (Å²) in [4.78, 5) is 21.0. The Hall–Kier alpha value is -2.85. The molecular formula is C18H17N5O3S2. The van der Waals surface area contributed by atoms with Crippen molar-refractivity contribution >= 4 is 55.5 Å². The number of anilines is 1. The van der Waals surface area contributed by atoms with Crippen LogP contribution in [0.1, 0.15) is 25.0 Å². The molecule has 8 nitrogen and oxygen atoms in total. The molecule has 4 rings (SSSR count). The van der Waals surface area contributed by atoms with Crippen molar-refractivity contribution in [3.05, 3.63) is 45.7 Å². The van der Waals surface area contributed by atoms with E-state index >= 15 is 0 Å². The standard InChI is InChI=1S/C18H17N5O3S2/c1-10(2)9-28(25,26)18-22-23-15(19)13(16(24)21-17(23)27-18)7-11-8-20-14-6-4-3-5-12(11)14/h3-8,10H,9,19H2,1-2H3/b11-7+. The number of nitrogens with two attached hydrogens (primary N) is 1. The number of nitrogen functional groups attached to an aromatic ring is 1. The number of nitrogens with zero attached hydrogens (tertiary/aromatic N) is 4. The van der Waals surface area contributed by atoms with Crippen LogP contribution in [0.15, 0.2) is 38.4 Å². The summed E-state index contributed by atoms with van der Waals surface area (Å²) >= 11 is 0.840. The quantitative estimate of drug-likeness (QED) is 0.699. The highest BCUT2D eigenvalue weighted by atomic mass is 32.2. The van der Waals surface area contributed by atoms with Crippen molar-refractivity contribution in [1.82, 2.24) is 14.6 Å². The van der Waals surface area contributed by atoms with Gasteiger partial charge in [-0.3, -0.25) is 9.79 Å². The predicted octanol–water partition coefficient (Wildman–Crippen LogP) is 2.42. The molecule has 0 spiro atoms. The molecule has 0 saturated heterocycles. The van der Waals surface area contributed by atoms with Crippen LogP contribution in [0.25, 0.3) is 16.6 Å². The van der Waals surface area contributed by atoms with Crippen LogP contribution in [-0.2, 0) is 9.84 Å². The lowest BCUT2D eigenvalue weighted by molar-refractivity contribution is 0.579. The van der Waals surface area contributed by atoms with Crippen molar-refractivity contribution in [2.75, 3.05) is 11.5 Å².